The number of nitrogens with zero attached hydrogens (tertiary/aromatic N) is 2. The number of imidazole rings is 1. The molecule has 0 saturated heterocycles. The Morgan fingerprint density at radius 3 is 2.53 bits per heavy atom. The second kappa shape index (κ2) is 12.1. The number of nitrogens with one attached hydrogen (secondary N) is 1. The molecule has 6 nitrogen and oxygen atoms in total. The van der Waals surface area contributed by atoms with Gasteiger partial charge in [-0.25, -0.2) is 4.98 Å². The van der Waals surface area contributed by atoms with Crippen molar-refractivity contribution in [3.8, 4) is 11.5 Å². The molecule has 0 unspecified atom stereocenters. The topological polar surface area (TPSA) is 65.4 Å². The van der Waals surface area contributed by atoms with Gasteiger partial charge < -0.3 is 19.4 Å². The average Bonchev–Trinajstić information content (AvgIpc) is 3.22. The number of rotatable bonds is 12. The van der Waals surface area contributed by atoms with Crippen LogP contribution >= 0.6 is 11.6 Å². The summed E-state index contributed by atoms with van der Waals surface area (Å²) in [5.41, 5.74) is 2.08. The van der Waals surface area contributed by atoms with Gasteiger partial charge in [-0.3, -0.25) is 4.79 Å². The van der Waals surface area contributed by atoms with Gasteiger partial charge in [0.15, 0.2) is 6.61 Å². The normalized spacial score (nSPS) is 10.9. The van der Waals surface area contributed by atoms with Crippen LogP contribution in [0.15, 0.2) is 78.9 Å². The molecule has 34 heavy (non-hydrogen) atoms. The molecular formula is C27H28ClN3O3. The molecule has 0 radical (unpaired) electrons. The Morgan fingerprint density at radius 1 is 0.912 bits per heavy atom. The Balaban J connectivity index is 1.26. The van der Waals surface area contributed by atoms with E-state index < -0.39 is 0 Å². The van der Waals surface area contributed by atoms with Crippen LogP contribution in [0.5, 0.6) is 11.5 Å². The summed E-state index contributed by atoms with van der Waals surface area (Å²) in [5.74, 6) is 2.26. The number of para-hydroxylation sites is 4. The zero-order chi connectivity index (χ0) is 23.6. The van der Waals surface area contributed by atoms with Crippen LogP contribution in [-0.4, -0.2) is 35.2 Å². The quantitative estimate of drug-likeness (QED) is 0.282. The molecule has 0 aliphatic rings. The molecule has 1 heterocycles. The van der Waals surface area contributed by atoms with E-state index in [1.807, 2.05) is 72.8 Å². The Kier molecular flexibility index (Phi) is 8.41. The Morgan fingerprint density at radius 2 is 1.68 bits per heavy atom. The molecular weight excluding hydrogens is 450 g/mol. The summed E-state index contributed by atoms with van der Waals surface area (Å²) in [6, 6.07) is 25.0. The number of aryl methyl sites for hydroxylation is 2. The van der Waals surface area contributed by atoms with Crippen LogP contribution in [-0.2, 0) is 17.8 Å². The molecule has 0 spiro atoms. The van der Waals surface area contributed by atoms with Gasteiger partial charge in [0.1, 0.15) is 17.3 Å². The molecule has 4 aromatic rings. The first-order valence-electron chi connectivity index (χ1n) is 11.5. The third-order valence-electron chi connectivity index (χ3n) is 5.37. The first kappa shape index (κ1) is 23.6. The molecule has 0 fully saturated rings. The minimum atomic E-state index is -0.130. The smallest absolute Gasteiger partial charge is 0.257 e. The van der Waals surface area contributed by atoms with Gasteiger partial charge in [-0.15, -0.1) is 0 Å². The first-order valence-corrected chi connectivity index (χ1v) is 11.8. The number of carbonyl (C=O) groups excluding carboxylic acids is 1. The van der Waals surface area contributed by atoms with E-state index in [1.165, 1.54) is 0 Å². The molecule has 0 atom stereocenters. The largest absolute Gasteiger partial charge is 0.492 e. The summed E-state index contributed by atoms with van der Waals surface area (Å²) in [6.45, 7) is 1.93. The molecule has 0 saturated carbocycles. The van der Waals surface area contributed by atoms with Gasteiger partial charge in [0.2, 0.25) is 0 Å². The lowest BCUT2D eigenvalue weighted by Crippen LogP contribution is -2.30. The summed E-state index contributed by atoms with van der Waals surface area (Å²) in [7, 11) is 0. The van der Waals surface area contributed by atoms with E-state index in [9.17, 15) is 4.79 Å². The van der Waals surface area contributed by atoms with Crippen molar-refractivity contribution < 1.29 is 14.3 Å². The molecule has 1 amide bonds. The number of amides is 1. The molecule has 0 aliphatic carbocycles. The maximum absolute atomic E-state index is 12.1. The number of hydrogen-bond acceptors (Lipinski definition) is 4. The Labute approximate surface area is 204 Å². The minimum absolute atomic E-state index is 0.00789. The lowest BCUT2D eigenvalue weighted by molar-refractivity contribution is -0.123. The van der Waals surface area contributed by atoms with Gasteiger partial charge in [0.25, 0.3) is 5.91 Å². The van der Waals surface area contributed by atoms with Crippen LogP contribution in [0.2, 0.25) is 5.02 Å². The minimum Gasteiger partial charge on any atom is -0.492 e. The number of fused-ring (bicyclic) bond motifs is 1. The van der Waals surface area contributed by atoms with E-state index in [1.54, 1.807) is 0 Å². The Bertz CT molecular complexity index is 1210. The Hall–Kier alpha value is -3.51. The summed E-state index contributed by atoms with van der Waals surface area (Å²) in [5, 5.41) is 3.54. The fourth-order valence-corrected chi connectivity index (χ4v) is 3.91. The molecule has 4 rings (SSSR count). The highest BCUT2D eigenvalue weighted by atomic mass is 35.5. The maximum atomic E-state index is 12.1. The van der Waals surface area contributed by atoms with Crippen LogP contribution in [0, 0.1) is 0 Å². The number of carbonyl (C=O) groups is 1. The van der Waals surface area contributed by atoms with Gasteiger partial charge in [0, 0.05) is 19.5 Å². The molecule has 3 aromatic carbocycles. The van der Waals surface area contributed by atoms with Crippen molar-refractivity contribution in [3.05, 3.63) is 89.7 Å². The van der Waals surface area contributed by atoms with E-state index >= 15 is 0 Å². The van der Waals surface area contributed by atoms with Crippen LogP contribution in [0.1, 0.15) is 18.7 Å². The van der Waals surface area contributed by atoms with Gasteiger partial charge >= 0.3 is 0 Å². The van der Waals surface area contributed by atoms with Crippen molar-refractivity contribution in [2.24, 2.45) is 0 Å². The number of halogens is 1. The third-order valence-corrected chi connectivity index (χ3v) is 5.68. The zero-order valence-electron chi connectivity index (χ0n) is 19.0. The summed E-state index contributed by atoms with van der Waals surface area (Å²) in [6.07, 6.45) is 2.38. The molecule has 176 valence electrons. The highest BCUT2D eigenvalue weighted by molar-refractivity contribution is 6.32. The van der Waals surface area contributed by atoms with Crippen molar-refractivity contribution in [2.75, 3.05) is 19.8 Å². The summed E-state index contributed by atoms with van der Waals surface area (Å²) in [4.78, 5) is 16.9. The van der Waals surface area contributed by atoms with Crippen LogP contribution < -0.4 is 14.8 Å². The van der Waals surface area contributed by atoms with Crippen LogP contribution in [0.3, 0.4) is 0 Å². The average molecular weight is 478 g/mol. The van der Waals surface area contributed by atoms with Crippen molar-refractivity contribution in [2.45, 2.75) is 25.8 Å². The van der Waals surface area contributed by atoms with Gasteiger partial charge in [0.05, 0.1) is 22.7 Å². The maximum Gasteiger partial charge on any atom is 0.257 e. The number of benzene rings is 3. The summed E-state index contributed by atoms with van der Waals surface area (Å²) >= 11 is 6.17. The predicted molar refractivity (Wildman–Crippen MR) is 135 cm³/mol. The monoisotopic (exact) mass is 477 g/mol. The molecule has 0 bridgehead atoms. The SMILES string of the molecule is O=C(COc1ccccc1)NCCCc1nc2ccccc2n1CCCOc1ccccc1Cl. The lowest BCUT2D eigenvalue weighted by Gasteiger charge is -2.11. The third kappa shape index (κ3) is 6.51. The van der Waals surface area contributed by atoms with E-state index in [4.69, 9.17) is 26.1 Å². The van der Waals surface area contributed by atoms with Crippen LogP contribution in [0.25, 0.3) is 11.0 Å². The van der Waals surface area contributed by atoms with E-state index in [-0.39, 0.29) is 12.5 Å². The molecule has 1 N–H and O–H groups in total. The van der Waals surface area contributed by atoms with Gasteiger partial charge in [-0.05, 0) is 49.2 Å². The second-order valence-electron chi connectivity index (χ2n) is 7.86. The fraction of sp³-hybridized carbons (Fsp3) is 0.259. The number of hydrogen-bond donors (Lipinski definition) is 1. The highest BCUT2D eigenvalue weighted by Crippen LogP contribution is 2.23. The van der Waals surface area contributed by atoms with E-state index in [0.717, 1.165) is 42.7 Å². The van der Waals surface area contributed by atoms with Crippen LogP contribution in [0.4, 0.5) is 0 Å². The predicted octanol–water partition coefficient (Wildman–Crippen LogP) is 5.29. The number of aromatic nitrogens is 2. The molecule has 0 aliphatic heterocycles. The molecule has 7 heteroatoms. The second-order valence-corrected chi connectivity index (χ2v) is 8.26. The highest BCUT2D eigenvalue weighted by Gasteiger charge is 2.11. The fourth-order valence-electron chi connectivity index (χ4n) is 3.72. The van der Waals surface area contributed by atoms with Crippen molar-refractivity contribution >= 4 is 28.5 Å². The van der Waals surface area contributed by atoms with Crippen molar-refractivity contribution in [1.82, 2.24) is 14.9 Å². The summed E-state index contributed by atoms with van der Waals surface area (Å²) < 4.78 is 13.6. The van der Waals surface area contributed by atoms with Gasteiger partial charge in [-0.2, -0.15) is 0 Å². The van der Waals surface area contributed by atoms with Crippen molar-refractivity contribution in [3.63, 3.8) is 0 Å². The van der Waals surface area contributed by atoms with Crippen molar-refractivity contribution in [1.29, 1.82) is 0 Å². The zero-order valence-corrected chi connectivity index (χ0v) is 19.7. The molecule has 1 aromatic heterocycles. The number of ether oxygens (including phenoxy) is 2. The standard InChI is InChI=1S/C27H28ClN3O3/c28-22-12-4-7-15-25(22)33-19-9-18-31-24-14-6-5-13-23(24)30-26(31)16-8-17-29-27(32)20-34-21-10-2-1-3-11-21/h1-7,10-15H,8-9,16-20H2,(H,29,32). The van der Waals surface area contributed by atoms with Gasteiger partial charge in [-0.1, -0.05) is 54.1 Å². The van der Waals surface area contributed by atoms with E-state index in [2.05, 4.69) is 16.0 Å². The lowest BCUT2D eigenvalue weighted by atomic mass is 10.2. The first-order chi connectivity index (χ1) is 16.7. The van der Waals surface area contributed by atoms with E-state index in [0.29, 0.717) is 29.7 Å².